The van der Waals surface area contributed by atoms with Crippen molar-refractivity contribution in [3.8, 4) is 22.8 Å². The molecular formula is C22H23N3O3. The lowest BCUT2D eigenvalue weighted by atomic mass is 9.99. The number of benzene rings is 2. The fraction of sp³-hybridized carbons (Fsp3) is 0.273. The predicted octanol–water partition coefficient (Wildman–Crippen LogP) is 3.30. The van der Waals surface area contributed by atoms with E-state index in [1.54, 1.807) is 32.4 Å². The molecule has 0 N–H and O–H groups in total. The molecule has 28 heavy (non-hydrogen) atoms. The van der Waals surface area contributed by atoms with Crippen LogP contribution < -0.4 is 9.47 Å². The van der Waals surface area contributed by atoms with E-state index in [0.29, 0.717) is 30.2 Å². The molecule has 4 rings (SSSR count). The van der Waals surface area contributed by atoms with Crippen molar-refractivity contribution in [1.82, 2.24) is 14.7 Å². The number of aryl methyl sites for hydroxylation is 1. The van der Waals surface area contributed by atoms with Crippen LogP contribution >= 0.6 is 0 Å². The summed E-state index contributed by atoms with van der Waals surface area (Å²) in [6.07, 6.45) is 0.784. The number of hydrogen-bond acceptors (Lipinski definition) is 4. The molecule has 6 nitrogen and oxygen atoms in total. The molecule has 0 aliphatic carbocycles. The van der Waals surface area contributed by atoms with Crippen LogP contribution in [-0.2, 0) is 20.0 Å². The van der Waals surface area contributed by atoms with Gasteiger partial charge in [0, 0.05) is 30.3 Å². The molecule has 1 aliphatic heterocycles. The van der Waals surface area contributed by atoms with E-state index in [4.69, 9.17) is 14.6 Å². The first-order valence-electron chi connectivity index (χ1n) is 9.24. The van der Waals surface area contributed by atoms with Gasteiger partial charge in [-0.2, -0.15) is 5.10 Å². The van der Waals surface area contributed by atoms with Crippen LogP contribution in [-0.4, -0.2) is 41.4 Å². The van der Waals surface area contributed by atoms with Gasteiger partial charge in [0.1, 0.15) is 0 Å². The van der Waals surface area contributed by atoms with Gasteiger partial charge in [0.05, 0.1) is 32.2 Å². The molecule has 2 heterocycles. The minimum absolute atomic E-state index is 0.0292. The normalized spacial score (nSPS) is 13.2. The Kier molecular flexibility index (Phi) is 4.77. The van der Waals surface area contributed by atoms with Gasteiger partial charge in [-0.1, -0.05) is 30.3 Å². The zero-order valence-corrected chi connectivity index (χ0v) is 16.3. The smallest absolute Gasteiger partial charge is 0.254 e. The zero-order valence-electron chi connectivity index (χ0n) is 16.3. The van der Waals surface area contributed by atoms with Crippen molar-refractivity contribution in [3.05, 3.63) is 65.4 Å². The Morgan fingerprint density at radius 1 is 1.04 bits per heavy atom. The number of hydrogen-bond donors (Lipinski definition) is 0. The van der Waals surface area contributed by atoms with E-state index in [-0.39, 0.29) is 5.91 Å². The van der Waals surface area contributed by atoms with Gasteiger partial charge in [0.15, 0.2) is 11.5 Å². The van der Waals surface area contributed by atoms with Gasteiger partial charge < -0.3 is 14.4 Å². The summed E-state index contributed by atoms with van der Waals surface area (Å²) in [5.41, 5.74) is 5.05. The lowest BCUT2D eigenvalue weighted by Crippen LogP contribution is -2.36. The average molecular weight is 377 g/mol. The number of methoxy groups -OCH3 is 2. The van der Waals surface area contributed by atoms with Gasteiger partial charge in [-0.25, -0.2) is 0 Å². The zero-order chi connectivity index (χ0) is 19.7. The topological polar surface area (TPSA) is 56.6 Å². The molecule has 0 atom stereocenters. The molecule has 1 amide bonds. The maximum Gasteiger partial charge on any atom is 0.254 e. The van der Waals surface area contributed by atoms with E-state index in [9.17, 15) is 4.79 Å². The van der Waals surface area contributed by atoms with Crippen LogP contribution in [0, 0.1) is 0 Å². The number of carbonyl (C=O) groups excluding carboxylic acids is 1. The first-order valence-corrected chi connectivity index (χ1v) is 9.24. The molecule has 0 saturated heterocycles. The second kappa shape index (κ2) is 7.38. The molecular weight excluding hydrogens is 354 g/mol. The Morgan fingerprint density at radius 3 is 2.50 bits per heavy atom. The van der Waals surface area contributed by atoms with Crippen LogP contribution in [0.5, 0.6) is 11.5 Å². The van der Waals surface area contributed by atoms with Crippen molar-refractivity contribution in [3.63, 3.8) is 0 Å². The number of amides is 1. The van der Waals surface area contributed by atoms with Gasteiger partial charge in [-0.3, -0.25) is 9.48 Å². The molecule has 2 aromatic carbocycles. The van der Waals surface area contributed by atoms with Crippen molar-refractivity contribution in [2.75, 3.05) is 20.8 Å². The third-order valence-corrected chi connectivity index (χ3v) is 5.17. The highest BCUT2D eigenvalue weighted by atomic mass is 16.5. The van der Waals surface area contributed by atoms with Crippen LogP contribution in [0.15, 0.2) is 48.5 Å². The third kappa shape index (κ3) is 3.11. The summed E-state index contributed by atoms with van der Waals surface area (Å²) in [4.78, 5) is 14.9. The molecule has 0 saturated carbocycles. The van der Waals surface area contributed by atoms with Gasteiger partial charge in [0.25, 0.3) is 5.91 Å². The van der Waals surface area contributed by atoms with Crippen molar-refractivity contribution in [1.29, 1.82) is 0 Å². The molecule has 0 bridgehead atoms. The molecule has 0 spiro atoms. The number of fused-ring (bicyclic) bond motifs is 1. The standard InChI is InChI=1S/C22H23N3O3/c1-24-21(15-7-5-4-6-8-15)17-11-12-25(14-18(17)23-24)22(26)16-9-10-19(27-2)20(13-16)28-3/h4-10,13H,11-12,14H2,1-3H3. The van der Waals surface area contributed by atoms with Gasteiger partial charge in [-0.15, -0.1) is 0 Å². The first-order chi connectivity index (χ1) is 13.6. The van der Waals surface area contributed by atoms with Gasteiger partial charge in [-0.05, 0) is 24.6 Å². The van der Waals surface area contributed by atoms with Crippen molar-refractivity contribution in [2.45, 2.75) is 13.0 Å². The number of nitrogens with zero attached hydrogens (tertiary/aromatic N) is 3. The van der Waals surface area contributed by atoms with Crippen LogP contribution in [0.3, 0.4) is 0 Å². The molecule has 0 radical (unpaired) electrons. The van der Waals surface area contributed by atoms with Gasteiger partial charge in [0.2, 0.25) is 0 Å². The van der Waals surface area contributed by atoms with Crippen LogP contribution in [0.25, 0.3) is 11.3 Å². The van der Waals surface area contributed by atoms with E-state index >= 15 is 0 Å². The minimum atomic E-state index is -0.0292. The summed E-state index contributed by atoms with van der Waals surface area (Å²) in [6, 6.07) is 15.5. The summed E-state index contributed by atoms with van der Waals surface area (Å²) in [6.45, 7) is 1.16. The Labute approximate surface area is 164 Å². The molecule has 1 aromatic heterocycles. The lowest BCUT2D eigenvalue weighted by Gasteiger charge is -2.27. The summed E-state index contributed by atoms with van der Waals surface area (Å²) >= 11 is 0. The third-order valence-electron chi connectivity index (χ3n) is 5.17. The summed E-state index contributed by atoms with van der Waals surface area (Å²) in [5.74, 6) is 1.13. The Hall–Kier alpha value is -3.28. The van der Waals surface area contributed by atoms with E-state index in [0.717, 1.165) is 23.4 Å². The fourth-order valence-electron chi connectivity index (χ4n) is 3.80. The summed E-state index contributed by atoms with van der Waals surface area (Å²) < 4.78 is 12.5. The maximum atomic E-state index is 13.0. The number of carbonyl (C=O) groups is 1. The Balaban J connectivity index is 1.61. The molecule has 144 valence electrons. The van der Waals surface area contributed by atoms with E-state index < -0.39 is 0 Å². The van der Waals surface area contributed by atoms with Crippen LogP contribution in [0.4, 0.5) is 0 Å². The minimum Gasteiger partial charge on any atom is -0.493 e. The first kappa shape index (κ1) is 18.1. The average Bonchev–Trinajstić information content (AvgIpc) is 3.08. The van der Waals surface area contributed by atoms with Crippen LogP contribution in [0.1, 0.15) is 21.6 Å². The molecule has 0 unspecified atom stereocenters. The number of rotatable bonds is 4. The highest BCUT2D eigenvalue weighted by molar-refractivity contribution is 5.95. The van der Waals surface area contributed by atoms with Crippen molar-refractivity contribution < 1.29 is 14.3 Å². The molecule has 6 heteroatoms. The Morgan fingerprint density at radius 2 is 1.79 bits per heavy atom. The second-order valence-corrected chi connectivity index (χ2v) is 6.81. The van der Waals surface area contributed by atoms with Crippen molar-refractivity contribution in [2.24, 2.45) is 7.05 Å². The van der Waals surface area contributed by atoms with E-state index in [1.807, 2.05) is 34.8 Å². The van der Waals surface area contributed by atoms with E-state index in [2.05, 4.69) is 12.1 Å². The highest BCUT2D eigenvalue weighted by Crippen LogP contribution is 2.32. The lowest BCUT2D eigenvalue weighted by molar-refractivity contribution is 0.0732. The van der Waals surface area contributed by atoms with Crippen molar-refractivity contribution >= 4 is 5.91 Å². The van der Waals surface area contributed by atoms with E-state index in [1.165, 1.54) is 5.56 Å². The quantitative estimate of drug-likeness (QED) is 0.700. The number of ether oxygens (including phenoxy) is 2. The monoisotopic (exact) mass is 377 g/mol. The molecule has 1 aliphatic rings. The second-order valence-electron chi connectivity index (χ2n) is 6.81. The Bertz CT molecular complexity index is 1010. The maximum absolute atomic E-state index is 13.0. The van der Waals surface area contributed by atoms with Crippen LogP contribution in [0.2, 0.25) is 0 Å². The largest absolute Gasteiger partial charge is 0.493 e. The highest BCUT2D eigenvalue weighted by Gasteiger charge is 2.27. The molecule has 3 aromatic rings. The predicted molar refractivity (Wildman–Crippen MR) is 107 cm³/mol. The number of aromatic nitrogens is 2. The summed E-state index contributed by atoms with van der Waals surface area (Å²) in [5, 5.41) is 4.69. The fourth-order valence-corrected chi connectivity index (χ4v) is 3.80. The molecule has 0 fully saturated rings. The summed E-state index contributed by atoms with van der Waals surface area (Å²) in [7, 11) is 5.11. The van der Waals surface area contributed by atoms with Gasteiger partial charge >= 0.3 is 0 Å². The SMILES string of the molecule is COc1ccc(C(=O)N2CCc3c(nn(C)c3-c3ccccc3)C2)cc1OC.